The van der Waals surface area contributed by atoms with Crippen LogP contribution in [0.3, 0.4) is 0 Å². The molecule has 0 bridgehead atoms. The Morgan fingerprint density at radius 2 is 1.82 bits per heavy atom. The monoisotopic (exact) mass is 250 g/mol. The van der Waals surface area contributed by atoms with Gasteiger partial charge in [0.05, 0.1) is 0 Å². The Kier molecular flexibility index (Phi) is 4.83. The number of aliphatic carboxylic acids is 1. The van der Waals surface area contributed by atoms with E-state index in [1.165, 1.54) is 0 Å². The number of thiocarbonyl (C=S) groups is 1. The number of nitrogens with one attached hydrogen (secondary N) is 2. The van der Waals surface area contributed by atoms with Crippen molar-refractivity contribution >= 4 is 34.9 Å². The Balaban J connectivity index is 2.45. The Bertz CT molecular complexity index is 457. The number of carboxylic acid groups (broad SMARTS) is 1. The van der Waals surface area contributed by atoms with Crippen LogP contribution in [0.4, 0.5) is 5.69 Å². The van der Waals surface area contributed by atoms with E-state index >= 15 is 0 Å². The van der Waals surface area contributed by atoms with Gasteiger partial charge in [-0.3, -0.25) is 10.1 Å². The average Bonchev–Trinajstić information content (AvgIpc) is 2.27. The largest absolute Gasteiger partial charge is 0.478 e. The topological polar surface area (TPSA) is 78.4 Å². The van der Waals surface area contributed by atoms with Gasteiger partial charge in [0, 0.05) is 17.8 Å². The lowest BCUT2D eigenvalue weighted by Crippen LogP contribution is -2.32. The molecule has 0 atom stereocenters. The maximum absolute atomic E-state index is 11.2. The van der Waals surface area contributed by atoms with E-state index in [1.54, 1.807) is 12.1 Å². The van der Waals surface area contributed by atoms with Crippen molar-refractivity contribution < 1.29 is 14.7 Å². The van der Waals surface area contributed by atoms with Crippen molar-refractivity contribution in [3.63, 3.8) is 0 Å². The van der Waals surface area contributed by atoms with Crippen molar-refractivity contribution in [2.24, 2.45) is 0 Å². The van der Waals surface area contributed by atoms with E-state index in [-0.39, 0.29) is 5.11 Å². The molecule has 1 aromatic rings. The second kappa shape index (κ2) is 6.39. The third kappa shape index (κ3) is 5.43. The number of anilines is 1. The highest BCUT2D eigenvalue weighted by molar-refractivity contribution is 7.80. The maximum atomic E-state index is 11.2. The first kappa shape index (κ1) is 12.9. The highest BCUT2D eigenvalue weighted by Gasteiger charge is 2.01. The number of carbonyl (C=O) groups is 2. The Labute approximate surface area is 103 Å². The summed E-state index contributed by atoms with van der Waals surface area (Å²) in [5.41, 5.74) is 0.736. The minimum atomic E-state index is -1.19. The van der Waals surface area contributed by atoms with Crippen LogP contribution in [0.2, 0.25) is 0 Å². The van der Waals surface area contributed by atoms with Gasteiger partial charge >= 0.3 is 5.97 Å². The highest BCUT2D eigenvalue weighted by atomic mass is 32.1. The van der Waals surface area contributed by atoms with Crippen molar-refractivity contribution in [1.82, 2.24) is 5.32 Å². The number of amides is 1. The first-order valence-electron chi connectivity index (χ1n) is 4.66. The average molecular weight is 250 g/mol. The molecular formula is C11H10N2O3S. The summed E-state index contributed by atoms with van der Waals surface area (Å²) in [4.78, 5) is 21.3. The van der Waals surface area contributed by atoms with E-state index in [2.05, 4.69) is 10.6 Å². The molecule has 0 aliphatic heterocycles. The second-order valence-electron chi connectivity index (χ2n) is 2.98. The van der Waals surface area contributed by atoms with Gasteiger partial charge in [0.2, 0.25) is 5.91 Å². The highest BCUT2D eigenvalue weighted by Crippen LogP contribution is 2.04. The van der Waals surface area contributed by atoms with E-state index in [1.807, 2.05) is 18.2 Å². The van der Waals surface area contributed by atoms with Crippen LogP contribution in [-0.4, -0.2) is 22.1 Å². The van der Waals surface area contributed by atoms with Gasteiger partial charge in [0.1, 0.15) is 0 Å². The van der Waals surface area contributed by atoms with Crippen molar-refractivity contribution in [2.45, 2.75) is 0 Å². The molecule has 0 aliphatic rings. The minimum Gasteiger partial charge on any atom is -0.478 e. The van der Waals surface area contributed by atoms with Crippen molar-refractivity contribution in [1.29, 1.82) is 0 Å². The zero-order valence-corrected chi connectivity index (χ0v) is 9.53. The van der Waals surface area contributed by atoms with Crippen LogP contribution >= 0.6 is 12.2 Å². The third-order valence-electron chi connectivity index (χ3n) is 1.65. The predicted octanol–water partition coefficient (Wildman–Crippen LogP) is 1.14. The van der Waals surface area contributed by atoms with E-state index in [0.29, 0.717) is 0 Å². The Morgan fingerprint density at radius 3 is 2.41 bits per heavy atom. The van der Waals surface area contributed by atoms with Crippen molar-refractivity contribution in [3.8, 4) is 0 Å². The molecule has 0 unspecified atom stereocenters. The standard InChI is InChI=1S/C11H10N2O3S/c14-9(6-7-10(15)16)13-11(17)12-8-4-2-1-3-5-8/h1-7H,(H,15,16)(H2,12,13,14,17)/b7-6-. The van der Waals surface area contributed by atoms with Crippen LogP contribution in [0.15, 0.2) is 42.5 Å². The molecule has 0 heterocycles. The molecule has 5 nitrogen and oxygen atoms in total. The fourth-order valence-electron chi connectivity index (χ4n) is 0.984. The number of carboxylic acids is 1. The van der Waals surface area contributed by atoms with E-state index in [4.69, 9.17) is 17.3 Å². The molecular weight excluding hydrogens is 240 g/mol. The molecule has 1 rings (SSSR count). The van der Waals surface area contributed by atoms with E-state index < -0.39 is 11.9 Å². The van der Waals surface area contributed by atoms with Crippen LogP contribution in [0.1, 0.15) is 0 Å². The lowest BCUT2D eigenvalue weighted by atomic mass is 10.3. The third-order valence-corrected chi connectivity index (χ3v) is 1.85. The van der Waals surface area contributed by atoms with Gasteiger partial charge in [0.15, 0.2) is 5.11 Å². The quantitative estimate of drug-likeness (QED) is 0.554. The summed E-state index contributed by atoms with van der Waals surface area (Å²) in [6.45, 7) is 0. The number of carbonyl (C=O) groups excluding carboxylic acids is 1. The molecule has 0 aliphatic carbocycles. The number of benzene rings is 1. The predicted molar refractivity (Wildman–Crippen MR) is 67.6 cm³/mol. The Morgan fingerprint density at radius 1 is 1.18 bits per heavy atom. The zero-order chi connectivity index (χ0) is 12.7. The molecule has 1 aromatic carbocycles. The van der Waals surface area contributed by atoms with Crippen LogP contribution in [-0.2, 0) is 9.59 Å². The van der Waals surface area contributed by atoms with Gasteiger partial charge in [-0.2, -0.15) is 0 Å². The van der Waals surface area contributed by atoms with Gasteiger partial charge in [-0.05, 0) is 24.4 Å². The summed E-state index contributed by atoms with van der Waals surface area (Å²) in [7, 11) is 0. The summed E-state index contributed by atoms with van der Waals surface area (Å²) in [6.07, 6.45) is 1.63. The summed E-state index contributed by atoms with van der Waals surface area (Å²) in [6, 6.07) is 9.05. The molecule has 0 spiro atoms. The molecule has 0 fully saturated rings. The van der Waals surface area contributed by atoms with Gasteiger partial charge in [-0.15, -0.1) is 0 Å². The molecule has 88 valence electrons. The number of hydrogen-bond donors (Lipinski definition) is 3. The number of para-hydroxylation sites is 1. The number of rotatable bonds is 3. The summed E-state index contributed by atoms with van der Waals surface area (Å²) in [5.74, 6) is -1.79. The van der Waals surface area contributed by atoms with Gasteiger partial charge < -0.3 is 10.4 Å². The van der Waals surface area contributed by atoms with E-state index in [0.717, 1.165) is 17.8 Å². The fraction of sp³-hybridized carbons (Fsp3) is 0. The molecule has 0 aromatic heterocycles. The summed E-state index contributed by atoms with van der Waals surface area (Å²) in [5, 5.41) is 13.5. The summed E-state index contributed by atoms with van der Waals surface area (Å²) >= 11 is 4.87. The first-order valence-corrected chi connectivity index (χ1v) is 5.07. The maximum Gasteiger partial charge on any atom is 0.328 e. The Hall–Kier alpha value is -2.21. The molecule has 6 heteroatoms. The lowest BCUT2D eigenvalue weighted by Gasteiger charge is -2.07. The first-order chi connectivity index (χ1) is 8.08. The van der Waals surface area contributed by atoms with Crippen LogP contribution in [0.5, 0.6) is 0 Å². The molecule has 17 heavy (non-hydrogen) atoms. The fourth-order valence-corrected chi connectivity index (χ4v) is 1.20. The summed E-state index contributed by atoms with van der Waals surface area (Å²) < 4.78 is 0. The van der Waals surface area contributed by atoms with Crippen molar-refractivity contribution in [3.05, 3.63) is 42.5 Å². The lowest BCUT2D eigenvalue weighted by molar-refractivity contribution is -0.131. The molecule has 0 saturated carbocycles. The van der Waals surface area contributed by atoms with Crippen molar-refractivity contribution in [2.75, 3.05) is 5.32 Å². The second-order valence-corrected chi connectivity index (χ2v) is 3.39. The smallest absolute Gasteiger partial charge is 0.328 e. The van der Waals surface area contributed by atoms with Gasteiger partial charge in [-0.25, -0.2) is 4.79 Å². The molecule has 0 radical (unpaired) electrons. The van der Waals surface area contributed by atoms with Crippen LogP contribution < -0.4 is 10.6 Å². The van der Waals surface area contributed by atoms with Gasteiger partial charge in [-0.1, -0.05) is 18.2 Å². The number of hydrogen-bond acceptors (Lipinski definition) is 3. The van der Waals surface area contributed by atoms with E-state index in [9.17, 15) is 9.59 Å². The van der Waals surface area contributed by atoms with Crippen LogP contribution in [0.25, 0.3) is 0 Å². The molecule has 0 saturated heterocycles. The molecule has 1 amide bonds. The van der Waals surface area contributed by atoms with Gasteiger partial charge in [0.25, 0.3) is 0 Å². The SMILES string of the molecule is O=C(O)/C=C\C(=O)NC(=S)Nc1ccccc1. The van der Waals surface area contributed by atoms with Crippen LogP contribution in [0, 0.1) is 0 Å². The molecule has 3 N–H and O–H groups in total. The minimum absolute atomic E-state index is 0.108. The zero-order valence-electron chi connectivity index (χ0n) is 8.71. The normalized spacial score (nSPS) is 9.88.